The standard InChI is InChI=1S/C17H30N6O8/c1-7(2)13(23-14(27)8(18)5-12(20)26)16(29)22-10(6-24)15(28)21-9(17(30)31)3-4-11(19)25/h7-10,13,24H,3-6,18H2,1-2H3,(H2,19,25)(H2,20,26)(H,21,28)(H,22,29)(H,23,27)(H,30,31). The molecule has 0 saturated carbocycles. The summed E-state index contributed by atoms with van der Waals surface area (Å²) in [7, 11) is 0. The summed E-state index contributed by atoms with van der Waals surface area (Å²) < 4.78 is 0. The summed E-state index contributed by atoms with van der Waals surface area (Å²) in [6.45, 7) is 2.30. The molecule has 0 saturated heterocycles. The van der Waals surface area contributed by atoms with Gasteiger partial charge in [0.15, 0.2) is 0 Å². The molecule has 5 amide bonds. The van der Waals surface area contributed by atoms with Gasteiger partial charge in [-0.15, -0.1) is 0 Å². The Balaban J connectivity index is 5.17. The summed E-state index contributed by atoms with van der Waals surface area (Å²) >= 11 is 0. The van der Waals surface area contributed by atoms with Crippen molar-refractivity contribution in [3.63, 3.8) is 0 Å². The highest BCUT2D eigenvalue weighted by Gasteiger charge is 2.31. The van der Waals surface area contributed by atoms with Gasteiger partial charge in [0, 0.05) is 6.42 Å². The Morgan fingerprint density at radius 1 is 0.839 bits per heavy atom. The Kier molecular flexibility index (Phi) is 11.7. The van der Waals surface area contributed by atoms with Gasteiger partial charge in [-0.25, -0.2) is 4.79 Å². The van der Waals surface area contributed by atoms with Gasteiger partial charge in [0.1, 0.15) is 18.1 Å². The number of carbonyl (C=O) groups excluding carboxylic acids is 5. The SMILES string of the molecule is CC(C)C(NC(=O)C(N)CC(N)=O)C(=O)NC(CO)C(=O)NC(CCC(N)=O)C(=O)O. The van der Waals surface area contributed by atoms with Crippen LogP contribution in [0.4, 0.5) is 0 Å². The van der Waals surface area contributed by atoms with Gasteiger partial charge in [-0.05, 0) is 12.3 Å². The average Bonchev–Trinajstić information content (AvgIpc) is 2.65. The van der Waals surface area contributed by atoms with E-state index in [4.69, 9.17) is 22.3 Å². The number of primary amides is 2. The predicted octanol–water partition coefficient (Wildman–Crippen LogP) is -4.36. The average molecular weight is 446 g/mol. The summed E-state index contributed by atoms with van der Waals surface area (Å²) in [5.41, 5.74) is 15.5. The first kappa shape index (κ1) is 27.7. The van der Waals surface area contributed by atoms with Crippen LogP contribution in [0.15, 0.2) is 0 Å². The minimum absolute atomic E-state index is 0.287. The molecular weight excluding hydrogens is 416 g/mol. The van der Waals surface area contributed by atoms with E-state index in [0.717, 1.165) is 0 Å². The van der Waals surface area contributed by atoms with Crippen molar-refractivity contribution >= 4 is 35.5 Å². The lowest BCUT2D eigenvalue weighted by Crippen LogP contribution is -2.59. The van der Waals surface area contributed by atoms with Crippen LogP contribution in [-0.2, 0) is 28.8 Å². The van der Waals surface area contributed by atoms with E-state index in [1.54, 1.807) is 13.8 Å². The maximum absolute atomic E-state index is 12.5. The van der Waals surface area contributed by atoms with Crippen LogP contribution < -0.4 is 33.2 Å². The first-order chi connectivity index (χ1) is 14.3. The molecule has 0 aliphatic heterocycles. The molecule has 176 valence electrons. The lowest BCUT2D eigenvalue weighted by Gasteiger charge is -2.26. The van der Waals surface area contributed by atoms with Crippen LogP contribution in [0.5, 0.6) is 0 Å². The number of aliphatic hydroxyl groups excluding tert-OH is 1. The molecule has 0 aromatic rings. The lowest BCUT2D eigenvalue weighted by molar-refractivity contribution is -0.143. The summed E-state index contributed by atoms with van der Waals surface area (Å²) in [5.74, 6) is -6.19. The molecule has 0 bridgehead atoms. The van der Waals surface area contributed by atoms with E-state index in [1.807, 2.05) is 0 Å². The van der Waals surface area contributed by atoms with Gasteiger partial charge in [-0.3, -0.25) is 24.0 Å². The third-order valence-corrected chi connectivity index (χ3v) is 4.11. The zero-order valence-electron chi connectivity index (χ0n) is 17.3. The van der Waals surface area contributed by atoms with Crippen molar-refractivity contribution in [3.05, 3.63) is 0 Å². The number of hydrogen-bond donors (Lipinski definition) is 8. The third kappa shape index (κ3) is 10.4. The summed E-state index contributed by atoms with van der Waals surface area (Å²) in [4.78, 5) is 69.9. The van der Waals surface area contributed by atoms with Gasteiger partial charge in [-0.1, -0.05) is 13.8 Å². The highest BCUT2D eigenvalue weighted by Crippen LogP contribution is 2.04. The molecular formula is C17H30N6O8. The fourth-order valence-electron chi connectivity index (χ4n) is 2.38. The van der Waals surface area contributed by atoms with Gasteiger partial charge in [0.2, 0.25) is 29.5 Å². The molecule has 0 aliphatic rings. The highest BCUT2D eigenvalue weighted by atomic mass is 16.4. The number of carbonyl (C=O) groups is 6. The van der Waals surface area contributed by atoms with E-state index in [9.17, 15) is 33.9 Å². The van der Waals surface area contributed by atoms with Crippen LogP contribution in [0.3, 0.4) is 0 Å². The minimum atomic E-state index is -1.54. The number of aliphatic carboxylic acids is 1. The van der Waals surface area contributed by atoms with Gasteiger partial charge in [0.05, 0.1) is 19.1 Å². The van der Waals surface area contributed by atoms with Crippen LogP contribution >= 0.6 is 0 Å². The van der Waals surface area contributed by atoms with Crippen molar-refractivity contribution in [2.45, 2.75) is 57.3 Å². The first-order valence-electron chi connectivity index (χ1n) is 9.37. The lowest BCUT2D eigenvalue weighted by atomic mass is 10.0. The van der Waals surface area contributed by atoms with Crippen LogP contribution in [0.2, 0.25) is 0 Å². The Hall–Kier alpha value is -3.26. The topological polar surface area (TPSA) is 257 Å². The first-order valence-corrected chi connectivity index (χ1v) is 9.37. The number of carboxylic acid groups (broad SMARTS) is 1. The van der Waals surface area contributed by atoms with E-state index in [0.29, 0.717) is 0 Å². The van der Waals surface area contributed by atoms with Crippen molar-refractivity contribution in [3.8, 4) is 0 Å². The molecule has 14 heteroatoms. The normalized spacial score (nSPS) is 14.6. The Morgan fingerprint density at radius 3 is 1.81 bits per heavy atom. The molecule has 0 aliphatic carbocycles. The highest BCUT2D eigenvalue weighted by molar-refractivity contribution is 5.95. The molecule has 0 fully saturated rings. The molecule has 4 unspecified atom stereocenters. The molecule has 0 heterocycles. The second-order valence-corrected chi connectivity index (χ2v) is 7.16. The summed E-state index contributed by atoms with van der Waals surface area (Å²) in [6, 6.07) is -5.48. The summed E-state index contributed by atoms with van der Waals surface area (Å²) in [5, 5.41) is 25.2. The van der Waals surface area contributed by atoms with Crippen LogP contribution in [-0.4, -0.2) is 76.5 Å². The number of amides is 5. The van der Waals surface area contributed by atoms with Crippen molar-refractivity contribution in [1.82, 2.24) is 16.0 Å². The fraction of sp³-hybridized carbons (Fsp3) is 0.647. The maximum atomic E-state index is 12.5. The van der Waals surface area contributed by atoms with E-state index in [1.165, 1.54) is 0 Å². The van der Waals surface area contributed by atoms with E-state index >= 15 is 0 Å². The predicted molar refractivity (Wildman–Crippen MR) is 106 cm³/mol. The Morgan fingerprint density at radius 2 is 1.39 bits per heavy atom. The van der Waals surface area contributed by atoms with Crippen molar-refractivity contribution < 1.29 is 39.0 Å². The van der Waals surface area contributed by atoms with Crippen LogP contribution in [0.25, 0.3) is 0 Å². The molecule has 14 nitrogen and oxygen atoms in total. The number of nitrogens with one attached hydrogen (secondary N) is 3. The number of hydrogen-bond acceptors (Lipinski definition) is 8. The molecule has 0 rings (SSSR count). The number of nitrogens with two attached hydrogens (primary N) is 3. The Labute approximate surface area is 178 Å². The monoisotopic (exact) mass is 446 g/mol. The van der Waals surface area contributed by atoms with Gasteiger partial charge >= 0.3 is 5.97 Å². The quantitative estimate of drug-likeness (QED) is 0.128. The number of rotatable bonds is 14. The largest absolute Gasteiger partial charge is 0.480 e. The molecule has 0 aromatic carbocycles. The molecule has 11 N–H and O–H groups in total. The second kappa shape index (κ2) is 13.1. The van der Waals surface area contributed by atoms with Crippen LogP contribution in [0.1, 0.15) is 33.1 Å². The summed E-state index contributed by atoms with van der Waals surface area (Å²) in [6.07, 6.45) is -1.03. The van der Waals surface area contributed by atoms with Crippen molar-refractivity contribution in [2.75, 3.05) is 6.61 Å². The number of carboxylic acids is 1. The number of aliphatic hydroxyl groups is 1. The maximum Gasteiger partial charge on any atom is 0.326 e. The smallest absolute Gasteiger partial charge is 0.326 e. The molecule has 0 aromatic heterocycles. The van der Waals surface area contributed by atoms with E-state index in [2.05, 4.69) is 16.0 Å². The minimum Gasteiger partial charge on any atom is -0.480 e. The third-order valence-electron chi connectivity index (χ3n) is 4.11. The van der Waals surface area contributed by atoms with Gasteiger partial charge in [-0.2, -0.15) is 0 Å². The van der Waals surface area contributed by atoms with Gasteiger partial charge < -0.3 is 43.4 Å². The molecule has 0 spiro atoms. The zero-order chi connectivity index (χ0) is 24.3. The van der Waals surface area contributed by atoms with Crippen molar-refractivity contribution in [1.29, 1.82) is 0 Å². The van der Waals surface area contributed by atoms with E-state index < -0.39 is 78.6 Å². The van der Waals surface area contributed by atoms with Crippen LogP contribution in [0, 0.1) is 5.92 Å². The molecule has 31 heavy (non-hydrogen) atoms. The Bertz CT molecular complexity index is 698. The molecule has 0 radical (unpaired) electrons. The van der Waals surface area contributed by atoms with E-state index in [-0.39, 0.29) is 12.8 Å². The van der Waals surface area contributed by atoms with Gasteiger partial charge in [0.25, 0.3) is 0 Å². The van der Waals surface area contributed by atoms with Crippen molar-refractivity contribution in [2.24, 2.45) is 23.1 Å². The molecule has 4 atom stereocenters. The second-order valence-electron chi connectivity index (χ2n) is 7.16. The zero-order valence-corrected chi connectivity index (χ0v) is 17.3. The fourth-order valence-corrected chi connectivity index (χ4v) is 2.38.